The van der Waals surface area contributed by atoms with Gasteiger partial charge in [-0.1, -0.05) is 12.1 Å². The Kier molecular flexibility index (Phi) is 5.62. The van der Waals surface area contributed by atoms with Gasteiger partial charge in [0, 0.05) is 19.0 Å². The highest BCUT2D eigenvalue weighted by Crippen LogP contribution is 1.95. The normalized spacial score (nSPS) is 12.4. The first-order chi connectivity index (χ1) is 8.11. The zero-order valence-corrected chi connectivity index (χ0v) is 10.6. The molecule has 0 aliphatic heterocycles. The number of carbonyl (C=O) groups is 1. The van der Waals surface area contributed by atoms with Crippen molar-refractivity contribution in [2.75, 3.05) is 13.1 Å². The Balaban J connectivity index is 2.12. The smallest absolute Gasteiger partial charge is 0.233 e. The van der Waals surface area contributed by atoms with Crippen molar-refractivity contribution in [3.63, 3.8) is 0 Å². The maximum Gasteiger partial charge on any atom is 0.233 e. The molecule has 0 bridgehead atoms. The van der Waals surface area contributed by atoms with Crippen molar-refractivity contribution in [1.82, 2.24) is 20.8 Å². The number of hydrogen-bond acceptors (Lipinski definition) is 5. The van der Waals surface area contributed by atoms with E-state index in [9.17, 15) is 4.79 Å². The number of nitrogens with zero attached hydrogens (tertiary/aromatic N) is 2. The third-order valence-corrected chi connectivity index (χ3v) is 2.45. The van der Waals surface area contributed by atoms with E-state index in [0.29, 0.717) is 37.3 Å². The van der Waals surface area contributed by atoms with Gasteiger partial charge >= 0.3 is 0 Å². The van der Waals surface area contributed by atoms with Crippen molar-refractivity contribution in [2.45, 2.75) is 39.7 Å². The lowest BCUT2D eigenvalue weighted by Gasteiger charge is -2.10. The lowest BCUT2D eigenvalue weighted by atomic mass is 10.2. The average molecular weight is 240 g/mol. The van der Waals surface area contributed by atoms with E-state index in [1.165, 1.54) is 0 Å². The van der Waals surface area contributed by atoms with Crippen molar-refractivity contribution in [3.8, 4) is 0 Å². The van der Waals surface area contributed by atoms with E-state index in [-0.39, 0.29) is 5.91 Å². The molecule has 2 N–H and O–H groups in total. The molecule has 1 heterocycles. The molecule has 1 atom stereocenters. The van der Waals surface area contributed by atoms with Gasteiger partial charge in [0.25, 0.3) is 0 Å². The molecule has 0 spiro atoms. The van der Waals surface area contributed by atoms with E-state index in [4.69, 9.17) is 4.52 Å². The van der Waals surface area contributed by atoms with Gasteiger partial charge < -0.3 is 15.2 Å². The molecular weight excluding hydrogens is 220 g/mol. The molecular formula is C11H20N4O2. The summed E-state index contributed by atoms with van der Waals surface area (Å²) in [6.45, 7) is 6.75. The van der Waals surface area contributed by atoms with Crippen molar-refractivity contribution in [3.05, 3.63) is 11.7 Å². The lowest BCUT2D eigenvalue weighted by Crippen LogP contribution is -2.38. The third-order valence-electron chi connectivity index (χ3n) is 2.45. The van der Waals surface area contributed by atoms with Gasteiger partial charge in [0.2, 0.25) is 11.8 Å². The van der Waals surface area contributed by atoms with Gasteiger partial charge in [-0.15, -0.1) is 0 Å². The van der Waals surface area contributed by atoms with Gasteiger partial charge in [-0.3, -0.25) is 4.79 Å². The molecule has 0 fully saturated rings. The van der Waals surface area contributed by atoms with Crippen LogP contribution in [0.2, 0.25) is 0 Å². The fourth-order valence-corrected chi connectivity index (χ4v) is 1.22. The summed E-state index contributed by atoms with van der Waals surface area (Å²) < 4.78 is 4.93. The largest absolute Gasteiger partial charge is 0.354 e. The van der Waals surface area contributed by atoms with Gasteiger partial charge in [-0.05, 0) is 20.3 Å². The molecule has 1 amide bonds. The highest BCUT2D eigenvalue weighted by Gasteiger charge is 2.05. The Hall–Kier alpha value is -1.43. The van der Waals surface area contributed by atoms with Crippen molar-refractivity contribution < 1.29 is 9.32 Å². The molecule has 17 heavy (non-hydrogen) atoms. The first kappa shape index (κ1) is 13.6. The first-order valence-electron chi connectivity index (χ1n) is 5.91. The maximum atomic E-state index is 11.4. The van der Waals surface area contributed by atoms with Crippen LogP contribution in [0.25, 0.3) is 0 Å². The molecule has 0 saturated carbocycles. The summed E-state index contributed by atoms with van der Waals surface area (Å²) in [5, 5.41) is 9.59. The van der Waals surface area contributed by atoms with Crippen LogP contribution in [0, 0.1) is 6.92 Å². The van der Waals surface area contributed by atoms with E-state index in [0.717, 1.165) is 6.42 Å². The second-order valence-corrected chi connectivity index (χ2v) is 4.03. The van der Waals surface area contributed by atoms with Crippen LogP contribution in [0.1, 0.15) is 32.0 Å². The summed E-state index contributed by atoms with van der Waals surface area (Å²) in [6, 6.07) is 0.361. The molecule has 0 saturated heterocycles. The van der Waals surface area contributed by atoms with Crippen LogP contribution in [-0.2, 0) is 11.2 Å². The van der Waals surface area contributed by atoms with Gasteiger partial charge in [0.1, 0.15) is 0 Å². The van der Waals surface area contributed by atoms with E-state index >= 15 is 0 Å². The Morgan fingerprint density at radius 2 is 2.29 bits per heavy atom. The molecule has 0 aliphatic carbocycles. The Labute approximate surface area is 101 Å². The summed E-state index contributed by atoms with van der Waals surface area (Å²) >= 11 is 0. The Bertz CT molecular complexity index is 351. The molecule has 0 aromatic carbocycles. The lowest BCUT2D eigenvalue weighted by molar-refractivity contribution is -0.120. The maximum absolute atomic E-state index is 11.4. The number of hydrogen-bond donors (Lipinski definition) is 2. The molecule has 1 unspecified atom stereocenters. The second-order valence-electron chi connectivity index (χ2n) is 4.03. The number of rotatable bonds is 7. The van der Waals surface area contributed by atoms with Crippen LogP contribution in [-0.4, -0.2) is 35.2 Å². The summed E-state index contributed by atoms with van der Waals surface area (Å²) in [6.07, 6.45) is 1.57. The van der Waals surface area contributed by atoms with E-state index in [1.807, 2.05) is 0 Å². The first-order valence-corrected chi connectivity index (χ1v) is 5.91. The fraction of sp³-hybridized carbons (Fsp3) is 0.727. The zero-order valence-electron chi connectivity index (χ0n) is 10.6. The van der Waals surface area contributed by atoms with Crippen LogP contribution in [0.15, 0.2) is 4.52 Å². The number of amides is 1. The van der Waals surface area contributed by atoms with E-state index in [1.54, 1.807) is 6.92 Å². The van der Waals surface area contributed by atoms with Crippen molar-refractivity contribution in [2.24, 2.45) is 0 Å². The monoisotopic (exact) mass is 240 g/mol. The van der Waals surface area contributed by atoms with Crippen LogP contribution in [0.3, 0.4) is 0 Å². The zero-order chi connectivity index (χ0) is 12.7. The Morgan fingerprint density at radius 1 is 1.53 bits per heavy atom. The second kappa shape index (κ2) is 7.01. The predicted octanol–water partition coefficient (Wildman–Crippen LogP) is 0.425. The number of nitrogens with one attached hydrogen (secondary N) is 2. The SMILES string of the molecule is CCC(C)NCC(=O)NCCc1nc(C)no1. The van der Waals surface area contributed by atoms with E-state index in [2.05, 4.69) is 34.6 Å². The van der Waals surface area contributed by atoms with Gasteiger partial charge in [-0.2, -0.15) is 4.98 Å². The topological polar surface area (TPSA) is 80.0 Å². The third kappa shape index (κ3) is 5.44. The molecule has 1 aromatic rings. The summed E-state index contributed by atoms with van der Waals surface area (Å²) in [4.78, 5) is 15.5. The standard InChI is InChI=1S/C11H20N4O2/c1-4-8(2)13-7-10(16)12-6-5-11-14-9(3)15-17-11/h8,13H,4-7H2,1-3H3,(H,12,16). The molecule has 0 radical (unpaired) electrons. The van der Waals surface area contributed by atoms with Gasteiger partial charge in [0.15, 0.2) is 5.82 Å². The molecule has 96 valence electrons. The number of carbonyl (C=O) groups excluding carboxylic acids is 1. The van der Waals surface area contributed by atoms with Crippen molar-refractivity contribution in [1.29, 1.82) is 0 Å². The van der Waals surface area contributed by atoms with Crippen LogP contribution >= 0.6 is 0 Å². The molecule has 1 aromatic heterocycles. The predicted molar refractivity (Wildman–Crippen MR) is 63.5 cm³/mol. The van der Waals surface area contributed by atoms with Crippen LogP contribution in [0.5, 0.6) is 0 Å². The number of aryl methyl sites for hydroxylation is 1. The molecule has 1 rings (SSSR count). The summed E-state index contributed by atoms with van der Waals surface area (Å²) in [5.74, 6) is 1.16. The summed E-state index contributed by atoms with van der Waals surface area (Å²) in [7, 11) is 0. The van der Waals surface area contributed by atoms with Gasteiger partial charge in [-0.25, -0.2) is 0 Å². The minimum atomic E-state index is -0.0125. The minimum Gasteiger partial charge on any atom is -0.354 e. The minimum absolute atomic E-state index is 0.0125. The molecule has 0 aliphatic rings. The molecule has 6 heteroatoms. The van der Waals surface area contributed by atoms with Crippen LogP contribution < -0.4 is 10.6 Å². The van der Waals surface area contributed by atoms with Crippen molar-refractivity contribution >= 4 is 5.91 Å². The van der Waals surface area contributed by atoms with Gasteiger partial charge in [0.05, 0.1) is 6.54 Å². The fourth-order valence-electron chi connectivity index (χ4n) is 1.22. The van der Waals surface area contributed by atoms with E-state index < -0.39 is 0 Å². The van der Waals surface area contributed by atoms with Crippen LogP contribution in [0.4, 0.5) is 0 Å². The highest BCUT2D eigenvalue weighted by atomic mass is 16.5. The summed E-state index contributed by atoms with van der Waals surface area (Å²) in [5.41, 5.74) is 0. The number of aromatic nitrogens is 2. The average Bonchev–Trinajstić information content (AvgIpc) is 2.72. The molecule has 6 nitrogen and oxygen atoms in total. The Morgan fingerprint density at radius 3 is 2.88 bits per heavy atom. The highest BCUT2D eigenvalue weighted by molar-refractivity contribution is 5.77. The quantitative estimate of drug-likeness (QED) is 0.722.